The van der Waals surface area contributed by atoms with E-state index in [-0.39, 0.29) is 18.8 Å². The maximum atomic E-state index is 10.5. The highest BCUT2D eigenvalue weighted by Crippen LogP contribution is 2.33. The van der Waals surface area contributed by atoms with E-state index in [4.69, 9.17) is 18.9 Å². The number of aromatic nitrogens is 1. The number of aromatic amines is 1. The van der Waals surface area contributed by atoms with Gasteiger partial charge in [0.15, 0.2) is 11.5 Å². The Kier molecular flexibility index (Phi) is 10.8. The SMILES string of the molecule is COc1cc(CCO[C@@H]2CCCC[C@@H]2N2CC[C@H](O)C2)ccc1OCCNCC(O)COc1cccc2[nH]c3ccccc3c12. The van der Waals surface area contributed by atoms with E-state index in [1.54, 1.807) is 7.11 Å². The van der Waals surface area contributed by atoms with Gasteiger partial charge in [0, 0.05) is 48.5 Å². The molecule has 9 heteroatoms. The topological polar surface area (TPSA) is 108 Å². The zero-order chi connectivity index (χ0) is 31.0. The van der Waals surface area contributed by atoms with Crippen LogP contribution in [0.1, 0.15) is 37.7 Å². The van der Waals surface area contributed by atoms with Crippen LogP contribution in [0.15, 0.2) is 60.7 Å². The maximum Gasteiger partial charge on any atom is 0.161 e. The molecule has 1 aliphatic carbocycles. The van der Waals surface area contributed by atoms with Crippen molar-refractivity contribution in [2.45, 2.75) is 62.9 Å². The Bertz CT molecular complexity index is 1530. The van der Waals surface area contributed by atoms with Gasteiger partial charge in [0.2, 0.25) is 0 Å². The Labute approximate surface area is 265 Å². The standard InChI is InChI=1S/C36H47N3O6/c1-42-35-21-25(16-19-43-32-11-5-4-10-31(32)39-18-15-26(40)23-39)13-14-33(35)44-20-17-37-22-27(41)24-45-34-12-6-9-30-36(34)28-7-2-3-8-29(28)38-30/h2-3,6-9,12-14,21,26-27,31-32,37-38,40-41H,4-5,10-11,15-20,22-24H2,1H3/t26-,27?,31-,32+/m0/s1. The molecule has 0 bridgehead atoms. The lowest BCUT2D eigenvalue weighted by Gasteiger charge is -2.37. The van der Waals surface area contributed by atoms with Crippen LogP contribution in [-0.2, 0) is 11.2 Å². The van der Waals surface area contributed by atoms with Crippen molar-refractivity contribution in [2.24, 2.45) is 0 Å². The van der Waals surface area contributed by atoms with Crippen LogP contribution in [0.5, 0.6) is 17.2 Å². The van der Waals surface area contributed by atoms with E-state index in [9.17, 15) is 10.2 Å². The number of nitrogens with zero attached hydrogens (tertiary/aromatic N) is 1. The molecule has 1 saturated heterocycles. The number of hydrogen-bond donors (Lipinski definition) is 4. The van der Waals surface area contributed by atoms with Gasteiger partial charge in [-0.25, -0.2) is 0 Å². The highest BCUT2D eigenvalue weighted by molar-refractivity contribution is 6.10. The average Bonchev–Trinajstić information content (AvgIpc) is 3.68. The predicted molar refractivity (Wildman–Crippen MR) is 177 cm³/mol. The molecule has 1 aromatic heterocycles. The molecule has 242 valence electrons. The Balaban J connectivity index is 0.910. The number of H-pyrrole nitrogens is 1. The van der Waals surface area contributed by atoms with Gasteiger partial charge < -0.3 is 39.5 Å². The fraction of sp³-hybridized carbons (Fsp3) is 0.500. The van der Waals surface area contributed by atoms with Gasteiger partial charge in [-0.15, -0.1) is 0 Å². The zero-order valence-electron chi connectivity index (χ0n) is 26.2. The van der Waals surface area contributed by atoms with Crippen LogP contribution in [0.3, 0.4) is 0 Å². The van der Waals surface area contributed by atoms with Gasteiger partial charge in [-0.3, -0.25) is 4.90 Å². The van der Waals surface area contributed by atoms with E-state index in [0.717, 1.165) is 71.9 Å². The number of aliphatic hydroxyl groups excluding tert-OH is 2. The Morgan fingerprint density at radius 1 is 0.933 bits per heavy atom. The molecule has 1 unspecified atom stereocenters. The summed E-state index contributed by atoms with van der Waals surface area (Å²) >= 11 is 0. The number of β-amino-alcohol motifs (C(OH)–C–C–N with tert-alkyl or cyclic N) is 1. The van der Waals surface area contributed by atoms with E-state index in [1.807, 2.05) is 42.5 Å². The summed E-state index contributed by atoms with van der Waals surface area (Å²) in [4.78, 5) is 5.85. The fourth-order valence-corrected chi connectivity index (χ4v) is 6.81. The molecular formula is C36H47N3O6. The number of hydrogen-bond acceptors (Lipinski definition) is 8. The molecule has 4 atom stereocenters. The lowest BCUT2D eigenvalue weighted by Crippen LogP contribution is -2.46. The van der Waals surface area contributed by atoms with Crippen LogP contribution in [0.2, 0.25) is 0 Å². The van der Waals surface area contributed by atoms with Crippen molar-refractivity contribution in [3.63, 3.8) is 0 Å². The first-order valence-corrected chi connectivity index (χ1v) is 16.4. The van der Waals surface area contributed by atoms with Crippen LogP contribution >= 0.6 is 0 Å². The molecule has 4 N–H and O–H groups in total. The maximum absolute atomic E-state index is 10.5. The minimum atomic E-state index is -0.660. The second-order valence-corrected chi connectivity index (χ2v) is 12.3. The number of aliphatic hydroxyl groups is 2. The molecule has 0 spiro atoms. The van der Waals surface area contributed by atoms with Gasteiger partial charge >= 0.3 is 0 Å². The second kappa shape index (κ2) is 15.3. The van der Waals surface area contributed by atoms with Crippen LogP contribution in [0.4, 0.5) is 0 Å². The van der Waals surface area contributed by atoms with Gasteiger partial charge in [0.1, 0.15) is 25.1 Å². The highest BCUT2D eigenvalue weighted by atomic mass is 16.5. The molecule has 1 aliphatic heterocycles. The summed E-state index contributed by atoms with van der Waals surface area (Å²) in [5.74, 6) is 2.16. The molecule has 6 rings (SSSR count). The average molecular weight is 618 g/mol. The number of rotatable bonds is 15. The van der Waals surface area contributed by atoms with Crippen LogP contribution in [0, 0.1) is 0 Å². The molecule has 1 saturated carbocycles. The van der Waals surface area contributed by atoms with Crippen molar-refractivity contribution < 1.29 is 29.2 Å². The van der Waals surface area contributed by atoms with Crippen LogP contribution in [0.25, 0.3) is 21.8 Å². The van der Waals surface area contributed by atoms with Crippen LogP contribution in [-0.4, -0.2) is 97.6 Å². The fourth-order valence-electron chi connectivity index (χ4n) is 6.81. The van der Waals surface area contributed by atoms with Crippen molar-refractivity contribution in [1.29, 1.82) is 0 Å². The van der Waals surface area contributed by atoms with Gasteiger partial charge in [0.25, 0.3) is 0 Å². The van der Waals surface area contributed by atoms with Gasteiger partial charge in [-0.05, 0) is 61.6 Å². The first kappa shape index (κ1) is 31.6. The summed E-state index contributed by atoms with van der Waals surface area (Å²) in [6, 6.07) is 20.6. The van der Waals surface area contributed by atoms with Crippen molar-refractivity contribution in [3.8, 4) is 17.2 Å². The molecule has 0 radical (unpaired) electrons. The lowest BCUT2D eigenvalue weighted by molar-refractivity contribution is -0.0316. The minimum absolute atomic E-state index is 0.189. The summed E-state index contributed by atoms with van der Waals surface area (Å²) in [5.41, 5.74) is 3.23. The monoisotopic (exact) mass is 617 g/mol. The molecule has 2 fully saturated rings. The van der Waals surface area contributed by atoms with Crippen molar-refractivity contribution >= 4 is 21.8 Å². The van der Waals surface area contributed by atoms with Gasteiger partial charge in [-0.1, -0.05) is 43.2 Å². The summed E-state index contributed by atoms with van der Waals surface area (Å²) in [6.45, 7) is 4.00. The minimum Gasteiger partial charge on any atom is -0.493 e. The van der Waals surface area contributed by atoms with Crippen molar-refractivity contribution in [2.75, 3.05) is 53.1 Å². The molecule has 2 heterocycles. The number of likely N-dealkylation sites (tertiary alicyclic amines) is 1. The summed E-state index contributed by atoms with van der Waals surface area (Å²) in [6.07, 6.45) is 5.75. The first-order chi connectivity index (χ1) is 22.1. The van der Waals surface area contributed by atoms with Crippen LogP contribution < -0.4 is 19.5 Å². The number of para-hydroxylation sites is 1. The third kappa shape index (κ3) is 7.91. The Morgan fingerprint density at radius 3 is 2.67 bits per heavy atom. The predicted octanol–water partition coefficient (Wildman–Crippen LogP) is 4.67. The van der Waals surface area contributed by atoms with Gasteiger partial charge in [-0.2, -0.15) is 0 Å². The molecular weight excluding hydrogens is 570 g/mol. The van der Waals surface area contributed by atoms with E-state index in [1.165, 1.54) is 12.8 Å². The van der Waals surface area contributed by atoms with E-state index < -0.39 is 6.10 Å². The van der Waals surface area contributed by atoms with Gasteiger partial charge in [0.05, 0.1) is 31.4 Å². The first-order valence-electron chi connectivity index (χ1n) is 16.4. The molecule has 9 nitrogen and oxygen atoms in total. The number of methoxy groups -OCH3 is 1. The number of ether oxygens (including phenoxy) is 4. The summed E-state index contributed by atoms with van der Waals surface area (Å²) in [7, 11) is 1.66. The van der Waals surface area contributed by atoms with E-state index in [0.29, 0.717) is 43.8 Å². The molecule has 2 aliphatic rings. The molecule has 4 aromatic rings. The normalized spacial score (nSPS) is 21.4. The molecule has 3 aromatic carbocycles. The number of benzene rings is 3. The van der Waals surface area contributed by atoms with E-state index in [2.05, 4.69) is 33.4 Å². The number of fused-ring (bicyclic) bond motifs is 3. The zero-order valence-corrected chi connectivity index (χ0v) is 26.2. The quantitative estimate of drug-likeness (QED) is 0.143. The third-order valence-corrected chi connectivity index (χ3v) is 9.12. The lowest BCUT2D eigenvalue weighted by atomic mass is 9.91. The molecule has 0 amide bonds. The summed E-state index contributed by atoms with van der Waals surface area (Å²) < 4.78 is 24.0. The largest absolute Gasteiger partial charge is 0.493 e. The van der Waals surface area contributed by atoms with Crippen molar-refractivity contribution in [3.05, 3.63) is 66.2 Å². The highest BCUT2D eigenvalue weighted by Gasteiger charge is 2.34. The Hall–Kier alpha value is -3.34. The third-order valence-electron chi connectivity index (χ3n) is 9.12. The number of nitrogens with one attached hydrogen (secondary N) is 2. The van der Waals surface area contributed by atoms with Crippen molar-refractivity contribution in [1.82, 2.24) is 15.2 Å². The smallest absolute Gasteiger partial charge is 0.161 e. The molecule has 45 heavy (non-hydrogen) atoms. The second-order valence-electron chi connectivity index (χ2n) is 12.3. The summed E-state index contributed by atoms with van der Waals surface area (Å²) in [5, 5.41) is 25.9. The van der Waals surface area contributed by atoms with E-state index >= 15 is 0 Å². The Morgan fingerprint density at radius 2 is 1.80 bits per heavy atom.